The molecule has 5 rings (SSSR count). The number of benzene rings is 4. The van der Waals surface area contributed by atoms with Crippen molar-refractivity contribution < 1.29 is 27.5 Å². The Morgan fingerprint density at radius 3 is 1.79 bits per heavy atom. The quantitative estimate of drug-likeness (QED) is 0.185. The average molecular weight is 650 g/mol. The highest BCUT2D eigenvalue weighted by Gasteiger charge is 2.73. The van der Waals surface area contributed by atoms with E-state index in [1.54, 1.807) is 71.6 Å². The number of carbonyl (C=O) groups excluding carboxylic acids is 2. The number of methoxy groups -OCH3 is 2. The molecule has 0 unspecified atom stereocenters. The summed E-state index contributed by atoms with van der Waals surface area (Å²) in [5, 5.41) is 0. The summed E-state index contributed by atoms with van der Waals surface area (Å²) >= 11 is 3.46. The fourth-order valence-electron chi connectivity index (χ4n) is 5.57. The van der Waals surface area contributed by atoms with Crippen LogP contribution in [0.25, 0.3) is 0 Å². The van der Waals surface area contributed by atoms with Gasteiger partial charge >= 0.3 is 11.9 Å². The molecule has 0 N–H and O–H groups in total. The van der Waals surface area contributed by atoms with E-state index in [1.165, 1.54) is 12.1 Å². The summed E-state index contributed by atoms with van der Waals surface area (Å²) in [6, 6.07) is 30.1. The average Bonchev–Trinajstić information content (AvgIpc) is 3.35. The van der Waals surface area contributed by atoms with Gasteiger partial charge in [-0.25, -0.2) is 18.0 Å². The second kappa shape index (κ2) is 11.7. The standard InChI is InChI=1S/C32H29BrN2O6S/c1-22-14-20-27(21-15-22)42(38,39)35-29(24-16-18-25(33)19-17-24)34(26-12-8-5-9-13-26)28(23-10-6-4-7-11-23)32(35,30(36)40-2)31(37)41-3/h4-21,28-29H,1-3H3/t28-,29+/m1/s1. The Labute approximate surface area is 253 Å². The largest absolute Gasteiger partial charge is 0.467 e. The lowest BCUT2D eigenvalue weighted by atomic mass is 9.85. The van der Waals surface area contributed by atoms with Crippen LogP contribution in [0.3, 0.4) is 0 Å². The minimum absolute atomic E-state index is 0.0888. The molecule has 1 heterocycles. The van der Waals surface area contributed by atoms with Gasteiger partial charge in [-0.2, -0.15) is 0 Å². The van der Waals surface area contributed by atoms with Crippen LogP contribution in [-0.2, 0) is 29.1 Å². The van der Waals surface area contributed by atoms with E-state index in [0.29, 0.717) is 16.8 Å². The topological polar surface area (TPSA) is 93.2 Å². The molecule has 1 aliphatic rings. The van der Waals surface area contributed by atoms with Gasteiger partial charge in [-0.05, 0) is 54.4 Å². The smallest absolute Gasteiger partial charge is 0.341 e. The van der Waals surface area contributed by atoms with Gasteiger partial charge in [0.2, 0.25) is 10.0 Å². The molecule has 4 aromatic rings. The van der Waals surface area contributed by atoms with Gasteiger partial charge in [0.15, 0.2) is 0 Å². The maximum atomic E-state index is 14.9. The Balaban J connectivity index is 1.97. The first kappa shape index (κ1) is 29.5. The number of carbonyl (C=O) groups is 2. The van der Waals surface area contributed by atoms with Crippen molar-refractivity contribution in [2.45, 2.75) is 29.6 Å². The zero-order valence-corrected chi connectivity index (χ0v) is 25.6. The van der Waals surface area contributed by atoms with E-state index in [9.17, 15) is 18.0 Å². The molecule has 216 valence electrons. The molecule has 1 saturated heterocycles. The molecule has 0 amide bonds. The van der Waals surface area contributed by atoms with Gasteiger partial charge < -0.3 is 14.4 Å². The van der Waals surface area contributed by atoms with Crippen LogP contribution < -0.4 is 4.90 Å². The van der Waals surface area contributed by atoms with Gasteiger partial charge in [0.1, 0.15) is 6.17 Å². The maximum Gasteiger partial charge on any atom is 0.341 e. The SMILES string of the molecule is COC(=O)C1(C(=O)OC)[C@@H](c2ccccc2)N(c2ccccc2)[C@H](c2ccc(Br)cc2)N1S(=O)(=O)c1ccc(C)cc1. The molecule has 1 aliphatic heterocycles. The van der Waals surface area contributed by atoms with Crippen molar-refractivity contribution in [2.75, 3.05) is 19.1 Å². The molecule has 2 atom stereocenters. The molecule has 0 saturated carbocycles. The predicted octanol–water partition coefficient (Wildman–Crippen LogP) is 5.79. The van der Waals surface area contributed by atoms with E-state index in [4.69, 9.17) is 9.47 Å². The van der Waals surface area contributed by atoms with Crippen molar-refractivity contribution in [2.24, 2.45) is 0 Å². The molecule has 42 heavy (non-hydrogen) atoms. The van der Waals surface area contributed by atoms with Gasteiger partial charge in [-0.15, -0.1) is 4.31 Å². The van der Waals surface area contributed by atoms with Crippen LogP contribution in [0.5, 0.6) is 0 Å². The van der Waals surface area contributed by atoms with Crippen molar-refractivity contribution in [1.82, 2.24) is 4.31 Å². The molecule has 0 radical (unpaired) electrons. The van der Waals surface area contributed by atoms with Crippen molar-refractivity contribution >= 4 is 43.6 Å². The van der Waals surface area contributed by atoms with E-state index >= 15 is 0 Å². The predicted molar refractivity (Wildman–Crippen MR) is 162 cm³/mol. The summed E-state index contributed by atoms with van der Waals surface area (Å²) in [5.41, 5.74) is -0.0188. The van der Waals surface area contributed by atoms with Crippen LogP contribution in [-0.4, -0.2) is 44.4 Å². The number of sulfonamides is 1. The number of ether oxygens (including phenoxy) is 2. The Kier molecular flexibility index (Phi) is 8.23. The second-order valence-electron chi connectivity index (χ2n) is 9.84. The van der Waals surface area contributed by atoms with E-state index in [1.807, 2.05) is 37.3 Å². The number of esters is 2. The number of rotatable bonds is 7. The summed E-state index contributed by atoms with van der Waals surface area (Å²) in [5.74, 6) is -2.14. The molecule has 0 spiro atoms. The van der Waals surface area contributed by atoms with E-state index in [-0.39, 0.29) is 4.90 Å². The monoisotopic (exact) mass is 648 g/mol. The number of hydrogen-bond acceptors (Lipinski definition) is 7. The van der Waals surface area contributed by atoms with Gasteiger partial charge in [-0.3, -0.25) is 0 Å². The van der Waals surface area contributed by atoms with Crippen molar-refractivity contribution in [1.29, 1.82) is 0 Å². The molecular formula is C32H29BrN2O6S. The van der Waals surface area contributed by atoms with Crippen LogP contribution >= 0.6 is 15.9 Å². The van der Waals surface area contributed by atoms with Crippen LogP contribution in [0.1, 0.15) is 28.9 Å². The molecule has 0 aromatic heterocycles. The number of halogens is 1. The number of nitrogens with zero attached hydrogens (tertiary/aromatic N) is 2. The summed E-state index contributed by atoms with van der Waals surface area (Å²) in [4.78, 5) is 30.1. The fourth-order valence-corrected chi connectivity index (χ4v) is 7.66. The Morgan fingerprint density at radius 1 is 0.738 bits per heavy atom. The Morgan fingerprint density at radius 2 is 1.26 bits per heavy atom. The minimum Gasteiger partial charge on any atom is -0.467 e. The summed E-state index contributed by atoms with van der Waals surface area (Å²) in [6.45, 7) is 1.84. The van der Waals surface area contributed by atoms with Gasteiger partial charge in [-0.1, -0.05) is 94.3 Å². The lowest BCUT2D eigenvalue weighted by molar-refractivity contribution is -0.168. The summed E-state index contributed by atoms with van der Waals surface area (Å²) in [7, 11) is -2.32. The highest BCUT2D eigenvalue weighted by Crippen LogP contribution is 2.56. The lowest BCUT2D eigenvalue weighted by Crippen LogP contribution is -2.62. The Bertz CT molecular complexity index is 1660. The summed E-state index contributed by atoms with van der Waals surface area (Å²) < 4.78 is 42.1. The zero-order valence-electron chi connectivity index (χ0n) is 23.2. The van der Waals surface area contributed by atoms with Crippen LogP contribution in [0.15, 0.2) is 119 Å². The Hall–Kier alpha value is -3.99. The lowest BCUT2D eigenvalue weighted by Gasteiger charge is -2.36. The van der Waals surface area contributed by atoms with E-state index in [0.717, 1.165) is 28.6 Å². The van der Waals surface area contributed by atoms with Crippen LogP contribution in [0, 0.1) is 6.92 Å². The number of para-hydroxylation sites is 1. The van der Waals surface area contributed by atoms with Crippen molar-refractivity contribution in [3.63, 3.8) is 0 Å². The van der Waals surface area contributed by atoms with Crippen LogP contribution in [0.4, 0.5) is 5.69 Å². The third kappa shape index (κ3) is 4.79. The first-order valence-electron chi connectivity index (χ1n) is 13.1. The first-order valence-corrected chi connectivity index (χ1v) is 15.3. The molecule has 4 aromatic carbocycles. The van der Waals surface area contributed by atoms with Gasteiger partial charge in [0.05, 0.1) is 25.2 Å². The van der Waals surface area contributed by atoms with E-state index in [2.05, 4.69) is 15.9 Å². The van der Waals surface area contributed by atoms with Crippen molar-refractivity contribution in [3.8, 4) is 0 Å². The molecule has 1 fully saturated rings. The highest BCUT2D eigenvalue weighted by molar-refractivity contribution is 9.10. The van der Waals surface area contributed by atoms with Crippen LogP contribution in [0.2, 0.25) is 0 Å². The minimum atomic E-state index is -4.58. The molecule has 0 bridgehead atoms. The second-order valence-corrected chi connectivity index (χ2v) is 12.6. The number of anilines is 1. The van der Waals surface area contributed by atoms with E-state index < -0.39 is 39.7 Å². The molecule has 10 heteroatoms. The molecule has 8 nitrogen and oxygen atoms in total. The van der Waals surface area contributed by atoms with Crippen molar-refractivity contribution in [3.05, 3.63) is 130 Å². The van der Waals surface area contributed by atoms with Gasteiger partial charge in [0, 0.05) is 10.2 Å². The van der Waals surface area contributed by atoms with Gasteiger partial charge in [0.25, 0.3) is 5.54 Å². The fraction of sp³-hybridized carbons (Fsp3) is 0.188. The maximum absolute atomic E-state index is 14.9. The highest BCUT2D eigenvalue weighted by atomic mass is 79.9. The first-order chi connectivity index (χ1) is 20.2. The number of hydrogen-bond donors (Lipinski definition) is 0. The summed E-state index contributed by atoms with van der Waals surface area (Å²) in [6.07, 6.45) is -1.17. The molecule has 0 aliphatic carbocycles. The number of aryl methyl sites for hydroxylation is 1. The zero-order chi connectivity index (χ0) is 30.1. The third-order valence-electron chi connectivity index (χ3n) is 7.42. The molecular weight excluding hydrogens is 620 g/mol. The third-order valence-corrected chi connectivity index (χ3v) is 9.82. The normalized spacial score (nSPS) is 18.4.